The number of ether oxygens (including phenoxy) is 3. The highest BCUT2D eigenvalue weighted by molar-refractivity contribution is 7.90. The van der Waals surface area contributed by atoms with Crippen LogP contribution in [0.3, 0.4) is 0 Å². The molecule has 0 saturated heterocycles. The number of carbonyl (C=O) groups excluding carboxylic acids is 5. The number of aromatic nitrogens is 3. The average molecular weight is 1830 g/mol. The summed E-state index contributed by atoms with van der Waals surface area (Å²) in [6, 6.07) is 51.7. The standard InChI is InChI=1S/C30H28Cl2F3N3O5S.C30H31Cl2N3O5S.C30H27ClN2O4S/c1-17-14-22(15-18(2)26(17)32)43-12-3-4-24-23-10-9-21(31)16-25(23)37-27(24)29(40)38-44(41,42)13-11-36-28(39)19-5-7-20(8-6-19)30(33,34)35;1-18-7-4-5-8-23(18)29(36)33-12-14-41(38,39)35-30(37)28-25(24-11-10-21(31)17-26(24)34-28)9-6-13-40-22-15-19(2)27(32)20(3)16-22;1-19-16-23(17-20(2)28(19)31)37-15-7-11-26-25-10-5-6-12-27(25)32-29(26)30(34)33-38(35,36)24-14-13-21-8-3-4-9-22(21)18-24/h5-10,14-16,37H,3-4,11-13H2,1-2H3,(H,36,39)(H,38,40);4-5,7-8,10-11,15-17,34H,6,9,12-14H2,1-3H3,(H,33,36)(H,35,37);3-6,8-10,12-14,16-18,32H,7,11,15H2,1-2H3,(H,33,34). The summed E-state index contributed by atoms with van der Waals surface area (Å²) in [6.07, 6.45) is -1.52. The molecule has 123 heavy (non-hydrogen) atoms. The minimum atomic E-state index is -4.55. The van der Waals surface area contributed by atoms with E-state index in [0.29, 0.717) is 123 Å². The molecule has 5 amide bonds. The van der Waals surface area contributed by atoms with E-state index < -0.39 is 83.5 Å². The summed E-state index contributed by atoms with van der Waals surface area (Å²) < 4.78 is 139. The van der Waals surface area contributed by atoms with Crippen molar-refractivity contribution in [2.75, 3.05) is 44.4 Å². The second kappa shape index (κ2) is 40.5. The number of amides is 5. The molecule has 3 aromatic heterocycles. The molecule has 33 heteroatoms. The lowest BCUT2D eigenvalue weighted by molar-refractivity contribution is -0.137. The molecule has 0 saturated carbocycles. The Kier molecular flexibility index (Phi) is 30.5. The highest BCUT2D eigenvalue weighted by atomic mass is 35.5. The molecule has 0 fully saturated rings. The number of aryl methyl sites for hydroxylation is 10. The van der Waals surface area contributed by atoms with Gasteiger partial charge >= 0.3 is 6.18 Å². The van der Waals surface area contributed by atoms with Crippen molar-refractivity contribution < 1.29 is 76.6 Å². The Balaban J connectivity index is 0.000000180. The van der Waals surface area contributed by atoms with E-state index in [4.69, 9.17) is 72.2 Å². The van der Waals surface area contributed by atoms with E-state index in [1.807, 2.05) is 137 Å². The van der Waals surface area contributed by atoms with Gasteiger partial charge < -0.3 is 39.8 Å². The number of nitrogens with one attached hydrogen (secondary N) is 8. The first-order valence-electron chi connectivity index (χ1n) is 38.7. The van der Waals surface area contributed by atoms with Gasteiger partial charge in [0.05, 0.1) is 41.8 Å². The maximum Gasteiger partial charge on any atom is 0.416 e. The Morgan fingerprint density at radius 1 is 0.382 bits per heavy atom. The van der Waals surface area contributed by atoms with Crippen LogP contribution in [0.5, 0.6) is 17.2 Å². The molecule has 644 valence electrons. The molecular weight excluding hydrogens is 1750 g/mol. The SMILES string of the molecule is Cc1cc(OCCCc2c(C(=O)NS(=O)(=O)CCNC(=O)c3ccc(C(F)(F)F)cc3)[nH]c3cc(Cl)ccc23)cc(C)c1Cl.Cc1cc(OCCCc2c(C(=O)NS(=O)(=O)c3ccc4ccccc4c3)[nH]c3ccccc23)cc(C)c1Cl.Cc1ccccc1C(=O)NCCS(=O)(=O)NC(=O)c1[nH]c2cc(Cl)ccc2c1CCCOc1cc(C)c(Cl)c(C)c1. The molecule has 0 radical (unpaired) electrons. The Hall–Kier alpha value is -11.1. The molecule has 0 bridgehead atoms. The first-order chi connectivity index (χ1) is 58.3. The predicted octanol–water partition coefficient (Wildman–Crippen LogP) is 19.2. The minimum Gasteiger partial charge on any atom is -0.494 e. The summed E-state index contributed by atoms with van der Waals surface area (Å²) in [7, 11) is -12.3. The van der Waals surface area contributed by atoms with E-state index in [9.17, 15) is 62.4 Å². The number of benzene rings is 10. The second-order valence-corrected chi connectivity index (χ2v) is 36.5. The predicted molar refractivity (Wildman–Crippen MR) is 478 cm³/mol. The molecule has 0 atom stereocenters. The van der Waals surface area contributed by atoms with Gasteiger partial charge in [0.1, 0.15) is 34.3 Å². The number of hydrogen-bond acceptors (Lipinski definition) is 14. The van der Waals surface area contributed by atoms with Crippen LogP contribution in [0.4, 0.5) is 13.2 Å². The Morgan fingerprint density at radius 3 is 1.20 bits per heavy atom. The number of para-hydroxylation sites is 1. The third kappa shape index (κ3) is 24.3. The third-order valence-electron chi connectivity index (χ3n) is 19.9. The third-order valence-corrected chi connectivity index (χ3v) is 26.0. The van der Waals surface area contributed by atoms with E-state index in [1.165, 1.54) is 6.07 Å². The summed E-state index contributed by atoms with van der Waals surface area (Å²) in [5, 5.41) is 11.9. The summed E-state index contributed by atoms with van der Waals surface area (Å²) in [5.41, 5.74) is 10.1. The van der Waals surface area contributed by atoms with E-state index in [-0.39, 0.29) is 40.0 Å². The van der Waals surface area contributed by atoms with Gasteiger partial charge in [-0.05, 0) is 263 Å². The van der Waals surface area contributed by atoms with Crippen molar-refractivity contribution in [2.45, 2.75) is 98.1 Å². The van der Waals surface area contributed by atoms with Gasteiger partial charge in [-0.15, -0.1) is 0 Å². The number of alkyl halides is 3. The summed E-state index contributed by atoms with van der Waals surface area (Å²) >= 11 is 31.0. The molecule has 0 aliphatic heterocycles. The number of rotatable bonds is 30. The van der Waals surface area contributed by atoms with Crippen molar-refractivity contribution in [3.05, 3.63) is 303 Å². The van der Waals surface area contributed by atoms with Gasteiger partial charge in [0, 0.05) is 82.0 Å². The van der Waals surface area contributed by atoms with Crippen molar-refractivity contribution in [3.63, 3.8) is 0 Å². The first kappa shape index (κ1) is 92.6. The number of halogens is 8. The van der Waals surface area contributed by atoms with E-state index in [1.54, 1.807) is 73.7 Å². The molecule has 22 nitrogen and oxygen atoms in total. The topological polar surface area (TPSA) is 323 Å². The van der Waals surface area contributed by atoms with Crippen molar-refractivity contribution in [1.82, 2.24) is 39.8 Å². The monoisotopic (exact) mass is 1830 g/mol. The fraction of sp³-hybridized carbons (Fsp3) is 0.233. The molecule has 0 aliphatic rings. The highest BCUT2D eigenvalue weighted by Crippen LogP contribution is 2.35. The summed E-state index contributed by atoms with van der Waals surface area (Å²) in [5.74, 6) is -2.55. The van der Waals surface area contributed by atoms with Crippen LogP contribution in [0.2, 0.25) is 25.1 Å². The van der Waals surface area contributed by atoms with Crippen LogP contribution < -0.4 is 39.0 Å². The van der Waals surface area contributed by atoms with Gasteiger partial charge in [0.15, 0.2) is 0 Å². The van der Waals surface area contributed by atoms with Gasteiger partial charge in [-0.3, -0.25) is 24.0 Å². The van der Waals surface area contributed by atoms with Crippen molar-refractivity contribution >= 4 is 161 Å². The quantitative estimate of drug-likeness (QED) is 0.0194. The van der Waals surface area contributed by atoms with Crippen LogP contribution in [0.1, 0.15) is 133 Å². The lowest BCUT2D eigenvalue weighted by atomic mass is 10.1. The molecule has 0 aliphatic carbocycles. The van der Waals surface area contributed by atoms with Crippen LogP contribution in [0.15, 0.2) is 193 Å². The number of hydrogen-bond donors (Lipinski definition) is 8. The van der Waals surface area contributed by atoms with Crippen molar-refractivity contribution in [2.24, 2.45) is 0 Å². The van der Waals surface area contributed by atoms with Gasteiger partial charge in [0.2, 0.25) is 20.0 Å². The zero-order valence-electron chi connectivity index (χ0n) is 67.6. The molecule has 10 aromatic carbocycles. The van der Waals surface area contributed by atoms with Crippen molar-refractivity contribution in [1.29, 1.82) is 0 Å². The zero-order valence-corrected chi connectivity index (χ0v) is 73.8. The first-order valence-corrected chi connectivity index (χ1v) is 45.3. The highest BCUT2D eigenvalue weighted by Gasteiger charge is 2.31. The van der Waals surface area contributed by atoms with Crippen molar-refractivity contribution in [3.8, 4) is 17.2 Å². The second-order valence-electron chi connectivity index (χ2n) is 29.2. The fourth-order valence-corrected chi connectivity index (χ4v) is 17.2. The Morgan fingerprint density at radius 2 is 0.764 bits per heavy atom. The summed E-state index contributed by atoms with van der Waals surface area (Å²) in [4.78, 5) is 73.4. The van der Waals surface area contributed by atoms with Crippen LogP contribution in [-0.4, -0.2) is 114 Å². The molecule has 13 rings (SSSR count). The molecule has 8 N–H and O–H groups in total. The smallest absolute Gasteiger partial charge is 0.416 e. The van der Waals surface area contributed by atoms with Gasteiger partial charge in [-0.2, -0.15) is 13.2 Å². The van der Waals surface area contributed by atoms with Crippen LogP contribution >= 0.6 is 58.0 Å². The largest absolute Gasteiger partial charge is 0.494 e. The molecule has 13 aromatic rings. The maximum atomic E-state index is 13.3. The van der Waals surface area contributed by atoms with Crippen LogP contribution in [-0.2, 0) is 55.5 Å². The molecular formula is C90H86Cl5F3N8O14S3. The van der Waals surface area contributed by atoms with Gasteiger partial charge in [-0.1, -0.05) is 137 Å². The molecule has 0 unspecified atom stereocenters. The number of fused-ring (bicyclic) bond motifs is 4. The lowest BCUT2D eigenvalue weighted by Gasteiger charge is -2.11. The number of H-pyrrole nitrogens is 3. The van der Waals surface area contributed by atoms with Crippen LogP contribution in [0.25, 0.3) is 43.5 Å². The van der Waals surface area contributed by atoms with Gasteiger partial charge in [0.25, 0.3) is 39.6 Å². The number of carbonyl (C=O) groups is 5. The normalized spacial score (nSPS) is 11.7. The average Bonchev–Trinajstić information content (AvgIpc) is 1.69. The minimum absolute atomic E-state index is 0.0316. The lowest BCUT2D eigenvalue weighted by Crippen LogP contribution is -2.38. The Bertz CT molecular complexity index is 6470. The fourth-order valence-electron chi connectivity index (χ4n) is 13.8. The Labute approximate surface area is 734 Å². The van der Waals surface area contributed by atoms with E-state index >= 15 is 0 Å². The maximum absolute atomic E-state index is 13.3. The number of sulfonamides is 3. The number of aromatic amines is 3. The van der Waals surface area contributed by atoms with E-state index in [0.717, 1.165) is 107 Å². The van der Waals surface area contributed by atoms with Gasteiger partial charge in [-0.25, -0.2) is 39.4 Å². The zero-order chi connectivity index (χ0) is 88.8. The van der Waals surface area contributed by atoms with E-state index in [2.05, 4.69) is 35.0 Å². The molecule has 0 spiro atoms. The molecule has 3 heterocycles. The van der Waals surface area contributed by atoms with Crippen LogP contribution in [0, 0.1) is 48.5 Å². The summed E-state index contributed by atoms with van der Waals surface area (Å²) in [6.45, 7) is 13.8.